The van der Waals surface area contributed by atoms with E-state index in [1.807, 2.05) is 0 Å². The summed E-state index contributed by atoms with van der Waals surface area (Å²) in [6.45, 7) is 6.85. The monoisotopic (exact) mass is 447 g/mol. The van der Waals surface area contributed by atoms with Crippen molar-refractivity contribution < 1.29 is 9.53 Å². The minimum Gasteiger partial charge on any atom is -0.378 e. The Kier molecular flexibility index (Phi) is 5.37. The van der Waals surface area contributed by atoms with Gasteiger partial charge in [0.1, 0.15) is 0 Å². The number of ether oxygens (including phenoxy) is 1. The van der Waals surface area contributed by atoms with E-state index in [1.54, 1.807) is 11.3 Å². The third-order valence-electron chi connectivity index (χ3n) is 7.30. The molecule has 1 N–H and O–H groups in total. The molecule has 166 valence electrons. The Balaban J connectivity index is 1.24. The molecule has 7 rings (SSSR count). The number of rotatable bonds is 4. The van der Waals surface area contributed by atoms with Gasteiger partial charge in [-0.2, -0.15) is 0 Å². The lowest BCUT2D eigenvalue weighted by atomic mass is 9.84. The Hall–Kier alpha value is -2.41. The van der Waals surface area contributed by atoms with Crippen LogP contribution >= 0.6 is 11.3 Å². The fourth-order valence-corrected chi connectivity index (χ4v) is 6.54. The first-order valence-corrected chi connectivity index (χ1v) is 12.6. The van der Waals surface area contributed by atoms with Gasteiger partial charge in [0.25, 0.3) is 5.91 Å². The van der Waals surface area contributed by atoms with Crippen LogP contribution in [0.2, 0.25) is 0 Å². The van der Waals surface area contributed by atoms with Gasteiger partial charge in [0.2, 0.25) is 0 Å². The molecule has 0 spiro atoms. The van der Waals surface area contributed by atoms with Gasteiger partial charge in [-0.05, 0) is 66.6 Å². The molecule has 1 amide bonds. The quantitative estimate of drug-likeness (QED) is 0.650. The summed E-state index contributed by atoms with van der Waals surface area (Å²) in [5, 5.41) is 4.49. The standard InChI is InChI=1S/C26H29N3O2S/c30-26(27-23-17-28-10-8-19(23)9-11-28)24-16-20-2-1-3-22(25(20)32-24)18-4-6-21(7-5-18)29-12-14-31-15-13-29/h1-7,16,19,23H,8-15,17H2,(H,27,30). The van der Waals surface area contributed by atoms with Crippen molar-refractivity contribution in [1.29, 1.82) is 0 Å². The molecule has 4 aliphatic rings. The molecule has 4 aliphatic heterocycles. The van der Waals surface area contributed by atoms with Crippen LogP contribution in [0, 0.1) is 5.92 Å². The number of fused-ring (bicyclic) bond motifs is 4. The summed E-state index contributed by atoms with van der Waals surface area (Å²) in [7, 11) is 0. The average Bonchev–Trinajstić information content (AvgIpc) is 3.30. The lowest BCUT2D eigenvalue weighted by molar-refractivity contribution is 0.0622. The first kappa shape index (κ1) is 20.2. The molecule has 5 heterocycles. The van der Waals surface area contributed by atoms with Gasteiger partial charge >= 0.3 is 0 Å². The topological polar surface area (TPSA) is 44.8 Å². The maximum Gasteiger partial charge on any atom is 0.261 e. The number of amides is 1. The molecule has 6 heteroatoms. The van der Waals surface area contributed by atoms with Crippen LogP contribution in [0.4, 0.5) is 5.69 Å². The van der Waals surface area contributed by atoms with E-state index in [9.17, 15) is 4.79 Å². The van der Waals surface area contributed by atoms with Crippen LogP contribution < -0.4 is 10.2 Å². The molecule has 1 unspecified atom stereocenters. The van der Waals surface area contributed by atoms with E-state index in [2.05, 4.69) is 63.6 Å². The highest BCUT2D eigenvalue weighted by molar-refractivity contribution is 7.21. The van der Waals surface area contributed by atoms with Crippen LogP contribution in [0.25, 0.3) is 21.2 Å². The first-order chi connectivity index (χ1) is 15.7. The largest absolute Gasteiger partial charge is 0.378 e. The van der Waals surface area contributed by atoms with Crippen molar-refractivity contribution in [3.8, 4) is 11.1 Å². The molecule has 3 aromatic rings. The molecular formula is C26H29N3O2S. The number of nitrogens with one attached hydrogen (secondary N) is 1. The number of carbonyl (C=O) groups is 1. The molecule has 2 aromatic carbocycles. The van der Waals surface area contributed by atoms with Crippen molar-refractivity contribution in [2.75, 3.05) is 50.8 Å². The number of thiophene rings is 1. The normalized spacial score (nSPS) is 25.2. The van der Waals surface area contributed by atoms with Crippen LogP contribution in [-0.2, 0) is 4.74 Å². The van der Waals surface area contributed by atoms with E-state index < -0.39 is 0 Å². The van der Waals surface area contributed by atoms with Crippen molar-refractivity contribution in [2.24, 2.45) is 5.92 Å². The zero-order valence-corrected chi connectivity index (χ0v) is 19.1. The first-order valence-electron chi connectivity index (χ1n) is 11.7. The molecular weight excluding hydrogens is 418 g/mol. The number of benzene rings is 2. The maximum absolute atomic E-state index is 13.1. The van der Waals surface area contributed by atoms with Gasteiger partial charge in [0, 0.05) is 36.1 Å². The van der Waals surface area contributed by atoms with Gasteiger partial charge in [-0.15, -0.1) is 11.3 Å². The van der Waals surface area contributed by atoms with Gasteiger partial charge < -0.3 is 19.9 Å². The Morgan fingerprint density at radius 1 is 1.00 bits per heavy atom. The number of carbonyl (C=O) groups excluding carboxylic acids is 1. The van der Waals surface area contributed by atoms with Gasteiger partial charge in [0.05, 0.1) is 18.1 Å². The predicted molar refractivity (Wildman–Crippen MR) is 131 cm³/mol. The third-order valence-corrected chi connectivity index (χ3v) is 8.48. The van der Waals surface area contributed by atoms with Gasteiger partial charge in [-0.25, -0.2) is 0 Å². The summed E-state index contributed by atoms with van der Waals surface area (Å²) in [5.74, 6) is 0.720. The third kappa shape index (κ3) is 3.81. The van der Waals surface area contributed by atoms with E-state index in [-0.39, 0.29) is 5.91 Å². The van der Waals surface area contributed by atoms with Crippen molar-refractivity contribution in [1.82, 2.24) is 10.2 Å². The summed E-state index contributed by atoms with van der Waals surface area (Å²) in [5.41, 5.74) is 3.63. The highest BCUT2D eigenvalue weighted by atomic mass is 32.1. The average molecular weight is 448 g/mol. The van der Waals surface area contributed by atoms with Crippen molar-refractivity contribution in [2.45, 2.75) is 18.9 Å². The van der Waals surface area contributed by atoms with E-state index in [4.69, 9.17) is 4.74 Å². The Morgan fingerprint density at radius 3 is 2.50 bits per heavy atom. The zero-order chi connectivity index (χ0) is 21.5. The lowest BCUT2D eigenvalue weighted by Gasteiger charge is -2.44. The number of hydrogen-bond acceptors (Lipinski definition) is 5. The van der Waals surface area contributed by atoms with Gasteiger partial charge in [-0.1, -0.05) is 30.3 Å². The predicted octanol–water partition coefficient (Wildman–Crippen LogP) is 4.23. The van der Waals surface area contributed by atoms with Crippen LogP contribution in [0.3, 0.4) is 0 Å². The summed E-state index contributed by atoms with van der Waals surface area (Å²) < 4.78 is 6.66. The van der Waals surface area contributed by atoms with Gasteiger partial charge in [0.15, 0.2) is 0 Å². The van der Waals surface area contributed by atoms with E-state index in [0.717, 1.165) is 43.1 Å². The summed E-state index contributed by atoms with van der Waals surface area (Å²) in [4.78, 5) is 18.8. The second kappa shape index (κ2) is 8.50. The Labute approximate surface area is 193 Å². The number of anilines is 1. The molecule has 5 nitrogen and oxygen atoms in total. The van der Waals surface area contributed by atoms with Crippen LogP contribution in [0.5, 0.6) is 0 Å². The molecule has 32 heavy (non-hydrogen) atoms. The minimum atomic E-state index is 0.0820. The summed E-state index contributed by atoms with van der Waals surface area (Å²) in [6, 6.07) is 17.5. The zero-order valence-electron chi connectivity index (χ0n) is 18.3. The van der Waals surface area contributed by atoms with Crippen LogP contribution in [0.1, 0.15) is 22.5 Å². The summed E-state index contributed by atoms with van der Waals surface area (Å²) >= 11 is 1.62. The van der Waals surface area contributed by atoms with Crippen LogP contribution in [-0.4, -0.2) is 62.8 Å². The fraction of sp³-hybridized carbons (Fsp3) is 0.423. The van der Waals surface area contributed by atoms with Crippen molar-refractivity contribution >= 4 is 33.0 Å². The molecule has 4 saturated heterocycles. The van der Waals surface area contributed by atoms with Crippen molar-refractivity contribution in [3.05, 3.63) is 53.4 Å². The number of morpholine rings is 1. The molecule has 0 saturated carbocycles. The minimum absolute atomic E-state index is 0.0820. The molecule has 0 radical (unpaired) electrons. The Bertz CT molecular complexity index is 1110. The summed E-state index contributed by atoms with van der Waals surface area (Å²) in [6.07, 6.45) is 2.42. The highest BCUT2D eigenvalue weighted by Gasteiger charge is 2.35. The lowest BCUT2D eigenvalue weighted by Crippen LogP contribution is -2.57. The highest BCUT2D eigenvalue weighted by Crippen LogP contribution is 2.36. The maximum atomic E-state index is 13.1. The fourth-order valence-electron chi connectivity index (χ4n) is 5.44. The second-order valence-corrected chi connectivity index (χ2v) is 10.3. The molecule has 0 aliphatic carbocycles. The number of piperidine rings is 3. The number of hydrogen-bond donors (Lipinski definition) is 1. The van der Waals surface area contributed by atoms with E-state index in [0.29, 0.717) is 12.0 Å². The van der Waals surface area contributed by atoms with Crippen LogP contribution in [0.15, 0.2) is 48.5 Å². The molecule has 4 fully saturated rings. The Morgan fingerprint density at radius 2 is 1.78 bits per heavy atom. The van der Waals surface area contributed by atoms with E-state index >= 15 is 0 Å². The molecule has 1 atom stereocenters. The number of nitrogens with zero attached hydrogens (tertiary/aromatic N) is 2. The second-order valence-electron chi connectivity index (χ2n) is 9.20. The van der Waals surface area contributed by atoms with E-state index in [1.165, 1.54) is 47.4 Å². The molecule has 1 aromatic heterocycles. The molecule has 2 bridgehead atoms. The smallest absolute Gasteiger partial charge is 0.261 e. The van der Waals surface area contributed by atoms with Gasteiger partial charge in [-0.3, -0.25) is 4.79 Å². The SMILES string of the molecule is O=C(NC1CN2CCC1CC2)c1cc2cccc(-c3ccc(N4CCOCC4)cc3)c2s1. The van der Waals surface area contributed by atoms with Crippen molar-refractivity contribution in [3.63, 3.8) is 0 Å².